The molecule has 3 fully saturated rings. The Morgan fingerprint density at radius 1 is 1.09 bits per heavy atom. The molecule has 3 N–H and O–H groups in total. The van der Waals surface area contributed by atoms with Crippen LogP contribution in [-0.2, 0) is 22.2 Å². The third-order valence-corrected chi connectivity index (χ3v) is 11.9. The number of rotatable bonds is 8. The van der Waals surface area contributed by atoms with Gasteiger partial charge < -0.3 is 15.3 Å². The average Bonchev–Trinajstić information content (AvgIpc) is 3.75. The van der Waals surface area contributed by atoms with Crippen molar-refractivity contribution >= 4 is 45.2 Å². The van der Waals surface area contributed by atoms with Gasteiger partial charge in [-0.2, -0.15) is 15.5 Å². The first-order chi connectivity index (χ1) is 26.9. The van der Waals surface area contributed by atoms with Crippen molar-refractivity contribution in [3.05, 3.63) is 82.9 Å². The number of piperidine rings is 2. The third-order valence-electron chi connectivity index (χ3n) is 11.9. The first-order valence-electron chi connectivity index (χ1n) is 19.4. The summed E-state index contributed by atoms with van der Waals surface area (Å²) in [6.45, 7) is 5.34. The van der Waals surface area contributed by atoms with Crippen LogP contribution >= 0.6 is 0 Å². The maximum atomic E-state index is 16.1. The minimum Gasteiger partial charge on any atom is -0.386 e. The molecule has 1 aliphatic carbocycles. The van der Waals surface area contributed by atoms with Crippen LogP contribution in [0.4, 0.5) is 10.1 Å². The summed E-state index contributed by atoms with van der Waals surface area (Å²) in [7, 11) is 1.84. The van der Waals surface area contributed by atoms with Crippen LogP contribution in [0.3, 0.4) is 0 Å². The zero-order valence-corrected chi connectivity index (χ0v) is 31.8. The van der Waals surface area contributed by atoms with Gasteiger partial charge in [0.25, 0.3) is 5.91 Å². The number of anilines is 1. The second kappa shape index (κ2) is 14.9. The highest BCUT2D eigenvalue weighted by Crippen LogP contribution is 2.40. The average molecular weight is 760 g/mol. The number of imide groups is 1. The predicted octanol–water partition coefficient (Wildman–Crippen LogP) is 5.75. The Labute approximate surface area is 323 Å². The van der Waals surface area contributed by atoms with Crippen molar-refractivity contribution in [2.45, 2.75) is 88.4 Å². The summed E-state index contributed by atoms with van der Waals surface area (Å²) >= 11 is 0. The van der Waals surface area contributed by atoms with Crippen molar-refractivity contribution in [3.8, 4) is 6.07 Å². The van der Waals surface area contributed by atoms with Gasteiger partial charge in [0.1, 0.15) is 12.2 Å². The molecule has 2 aliphatic heterocycles. The summed E-state index contributed by atoms with van der Waals surface area (Å²) in [4.78, 5) is 43.8. The number of aryl methyl sites for hydroxylation is 1. The molecule has 2 aromatic carbocycles. The summed E-state index contributed by atoms with van der Waals surface area (Å²) in [6, 6.07) is 13.2. The molecule has 1 saturated carbocycles. The van der Waals surface area contributed by atoms with E-state index in [1.165, 1.54) is 18.5 Å². The zero-order valence-electron chi connectivity index (χ0n) is 31.8. The molecule has 5 aromatic rings. The summed E-state index contributed by atoms with van der Waals surface area (Å²) in [6.07, 6.45) is 9.01. The molecule has 3 aromatic heterocycles. The van der Waals surface area contributed by atoms with Gasteiger partial charge in [0.05, 0.1) is 45.4 Å². The fourth-order valence-electron chi connectivity index (χ4n) is 9.05. The molecule has 1 unspecified atom stereocenters. The van der Waals surface area contributed by atoms with Crippen LogP contribution in [-0.4, -0.2) is 78.1 Å². The highest BCUT2D eigenvalue weighted by molar-refractivity contribution is 6.06. The number of halogens is 1. The number of pyridine rings is 1. The number of nitrogens with zero attached hydrogens (tertiary/aromatic N) is 7. The number of carbonyl (C=O) groups is 3. The standard InChI is InChI=1S/C42H46FN9O4/c1-42(2,56)33-17-35-27(16-36(33)46-40(54)26-15-25(18-44)19-45-20-26)22-52(48-35)28-9-7-24(8-10-28)21-51-14-13-29(34(43)23-51)30-5-4-6-31-38(49-50(3)39(30)31)32-11-12-37(53)47-41(32)55/h4-6,15-17,19-20,22,24,28-29,32,34,56H,7-14,21,23H2,1-3H3,(H,46,54)(H,47,53,55)/t24?,28?,29-,32?,34+/m0/s1. The molecule has 3 aliphatic rings. The second-order valence-corrected chi connectivity index (χ2v) is 16.3. The molecule has 56 heavy (non-hydrogen) atoms. The van der Waals surface area contributed by atoms with E-state index < -0.39 is 23.6 Å². The molecule has 5 heterocycles. The Balaban J connectivity index is 0.903. The lowest BCUT2D eigenvalue weighted by atomic mass is 9.83. The Morgan fingerprint density at radius 2 is 1.89 bits per heavy atom. The van der Waals surface area contributed by atoms with Gasteiger partial charge in [-0.1, -0.05) is 18.2 Å². The number of fused-ring (bicyclic) bond motifs is 2. The van der Waals surface area contributed by atoms with Crippen molar-refractivity contribution in [3.63, 3.8) is 0 Å². The second-order valence-electron chi connectivity index (χ2n) is 16.3. The zero-order chi connectivity index (χ0) is 39.3. The highest BCUT2D eigenvalue weighted by Gasteiger charge is 2.36. The number of hydrogen-bond acceptors (Lipinski definition) is 9. The molecule has 0 radical (unpaired) electrons. The first-order valence-corrected chi connectivity index (χ1v) is 19.4. The summed E-state index contributed by atoms with van der Waals surface area (Å²) in [5, 5.41) is 36.9. The van der Waals surface area contributed by atoms with Crippen LogP contribution in [0.5, 0.6) is 0 Å². The van der Waals surface area contributed by atoms with E-state index in [2.05, 4.69) is 20.5 Å². The number of para-hydroxylation sites is 1. The highest BCUT2D eigenvalue weighted by atomic mass is 19.1. The van der Waals surface area contributed by atoms with Crippen molar-refractivity contribution in [2.75, 3.05) is 25.0 Å². The Bertz CT molecular complexity index is 2380. The number of carbonyl (C=O) groups excluding carboxylic acids is 3. The Morgan fingerprint density at radius 3 is 2.62 bits per heavy atom. The molecule has 2 saturated heterocycles. The Kier molecular flexibility index (Phi) is 9.92. The summed E-state index contributed by atoms with van der Waals surface area (Å²) in [5.74, 6) is -1.35. The molecule has 8 rings (SSSR count). The maximum Gasteiger partial charge on any atom is 0.257 e. The number of nitriles is 1. The smallest absolute Gasteiger partial charge is 0.257 e. The fraction of sp³-hybridized carbons (Fsp3) is 0.452. The molecular weight excluding hydrogens is 714 g/mol. The van der Waals surface area contributed by atoms with Gasteiger partial charge in [-0.15, -0.1) is 0 Å². The third kappa shape index (κ3) is 7.29. The van der Waals surface area contributed by atoms with Gasteiger partial charge in [0.15, 0.2) is 0 Å². The number of alkyl halides is 1. The molecule has 13 nitrogen and oxygen atoms in total. The minimum atomic E-state index is -1.26. The largest absolute Gasteiger partial charge is 0.386 e. The van der Waals surface area contributed by atoms with Gasteiger partial charge in [-0.3, -0.25) is 34.0 Å². The number of nitrogens with one attached hydrogen (secondary N) is 2. The number of aliphatic hydroxyl groups is 1. The van der Waals surface area contributed by atoms with Gasteiger partial charge in [-0.25, -0.2) is 4.39 Å². The topological polar surface area (TPSA) is 171 Å². The SMILES string of the molecule is Cn1nc(C2CCC(=O)NC2=O)c2cccc([C@@H]3CCN(CC4CCC(n5cc6cc(NC(=O)c7cncc(C#N)c7)c(C(C)(C)O)cc6n5)CC4)C[C@H]3F)c21. The lowest BCUT2D eigenvalue weighted by Crippen LogP contribution is -2.43. The van der Waals surface area contributed by atoms with Crippen LogP contribution in [0.1, 0.15) is 109 Å². The van der Waals surface area contributed by atoms with Gasteiger partial charge >= 0.3 is 0 Å². The number of aromatic nitrogens is 5. The van der Waals surface area contributed by atoms with Gasteiger partial charge in [0, 0.05) is 73.1 Å². The van der Waals surface area contributed by atoms with E-state index in [1.54, 1.807) is 18.5 Å². The molecule has 3 atom stereocenters. The van der Waals surface area contributed by atoms with Crippen molar-refractivity contribution in [1.29, 1.82) is 5.26 Å². The molecule has 3 amide bonds. The normalized spacial score (nSPS) is 23.6. The number of benzene rings is 2. The quantitative estimate of drug-likeness (QED) is 0.167. The van der Waals surface area contributed by atoms with E-state index in [9.17, 15) is 24.8 Å². The van der Waals surface area contributed by atoms with Crippen molar-refractivity contribution < 1.29 is 23.9 Å². The molecule has 0 spiro atoms. The molecular formula is C42H46FN9O4. The molecule has 290 valence electrons. The van der Waals surface area contributed by atoms with E-state index in [4.69, 9.17) is 10.2 Å². The van der Waals surface area contributed by atoms with Crippen LogP contribution in [0.15, 0.2) is 55.0 Å². The van der Waals surface area contributed by atoms with Crippen LogP contribution in [0.25, 0.3) is 21.8 Å². The predicted molar refractivity (Wildman–Crippen MR) is 207 cm³/mol. The Hall–Kier alpha value is -5.52. The van der Waals surface area contributed by atoms with Crippen molar-refractivity contribution in [1.82, 2.24) is 34.8 Å². The lowest BCUT2D eigenvalue weighted by Gasteiger charge is -2.38. The lowest BCUT2D eigenvalue weighted by molar-refractivity contribution is -0.134. The van der Waals surface area contributed by atoms with Crippen LogP contribution < -0.4 is 10.6 Å². The summed E-state index contributed by atoms with van der Waals surface area (Å²) < 4.78 is 19.9. The van der Waals surface area contributed by atoms with E-state index in [0.29, 0.717) is 42.2 Å². The van der Waals surface area contributed by atoms with E-state index >= 15 is 4.39 Å². The monoisotopic (exact) mass is 759 g/mol. The first kappa shape index (κ1) is 37.4. The summed E-state index contributed by atoms with van der Waals surface area (Å²) in [5.41, 5.74) is 3.40. The number of amides is 3. The fourth-order valence-corrected chi connectivity index (χ4v) is 9.05. The van der Waals surface area contributed by atoms with Crippen LogP contribution in [0, 0.1) is 17.2 Å². The van der Waals surface area contributed by atoms with E-state index in [1.807, 2.05) is 54.3 Å². The maximum absolute atomic E-state index is 16.1. The van der Waals surface area contributed by atoms with E-state index in [0.717, 1.165) is 66.1 Å². The van der Waals surface area contributed by atoms with Gasteiger partial charge in [0.2, 0.25) is 11.8 Å². The minimum absolute atomic E-state index is 0.200. The van der Waals surface area contributed by atoms with Crippen molar-refractivity contribution in [2.24, 2.45) is 13.0 Å². The van der Waals surface area contributed by atoms with Crippen LogP contribution in [0.2, 0.25) is 0 Å². The van der Waals surface area contributed by atoms with E-state index in [-0.39, 0.29) is 41.3 Å². The number of hydrogen-bond donors (Lipinski definition) is 3. The number of likely N-dealkylation sites (tertiary alicyclic amines) is 1. The van der Waals surface area contributed by atoms with Gasteiger partial charge in [-0.05, 0) is 88.6 Å². The molecule has 14 heteroatoms. The molecule has 0 bridgehead atoms.